The molecule has 4 aromatic rings. The van der Waals surface area contributed by atoms with E-state index in [1.54, 1.807) is 18.1 Å². The maximum Gasteiger partial charge on any atom is 0.246 e. The zero-order chi connectivity index (χ0) is 27.5. The number of piperazine rings is 1. The Morgan fingerprint density at radius 2 is 1.95 bits per heavy atom. The summed E-state index contributed by atoms with van der Waals surface area (Å²) in [6.45, 7) is 8.41. The van der Waals surface area contributed by atoms with Gasteiger partial charge in [0, 0.05) is 58.6 Å². The maximum absolute atomic E-state index is 12.1. The number of anilines is 2. The molecule has 3 heterocycles. The third kappa shape index (κ3) is 5.20. The SMILES string of the molecule is C=CC(=O)N1CCN(c2nc(N(C)CCC(=O)NC)nc3c(Oc4c(C)ccc5[nH]ncc45)cccc23)CC1. The van der Waals surface area contributed by atoms with Crippen LogP contribution in [0, 0.1) is 6.92 Å². The van der Waals surface area contributed by atoms with Crippen LogP contribution in [0.15, 0.2) is 49.2 Å². The molecule has 39 heavy (non-hydrogen) atoms. The van der Waals surface area contributed by atoms with Crippen molar-refractivity contribution < 1.29 is 14.3 Å². The van der Waals surface area contributed by atoms with Gasteiger partial charge in [-0.05, 0) is 36.8 Å². The molecule has 1 aliphatic heterocycles. The van der Waals surface area contributed by atoms with Crippen LogP contribution < -0.4 is 19.9 Å². The second-order valence-corrected chi connectivity index (χ2v) is 9.51. The minimum Gasteiger partial charge on any atom is -0.454 e. The van der Waals surface area contributed by atoms with Crippen molar-refractivity contribution in [3.63, 3.8) is 0 Å². The van der Waals surface area contributed by atoms with Crippen LogP contribution in [-0.4, -0.2) is 83.7 Å². The number of amides is 2. The number of fused-ring (bicyclic) bond motifs is 2. The number of nitrogens with one attached hydrogen (secondary N) is 2. The number of aryl methyl sites for hydroxylation is 1. The summed E-state index contributed by atoms with van der Waals surface area (Å²) in [7, 11) is 3.49. The van der Waals surface area contributed by atoms with Crippen molar-refractivity contribution in [3.8, 4) is 11.5 Å². The first-order valence-corrected chi connectivity index (χ1v) is 12.9. The van der Waals surface area contributed by atoms with Crippen LogP contribution in [0.4, 0.5) is 11.8 Å². The number of benzene rings is 2. The lowest BCUT2D eigenvalue weighted by atomic mass is 10.1. The number of hydrogen-bond donors (Lipinski definition) is 2. The van der Waals surface area contributed by atoms with Crippen LogP contribution >= 0.6 is 0 Å². The van der Waals surface area contributed by atoms with Gasteiger partial charge in [-0.15, -0.1) is 0 Å². The molecule has 1 fully saturated rings. The van der Waals surface area contributed by atoms with Gasteiger partial charge in [0.2, 0.25) is 17.8 Å². The first kappa shape index (κ1) is 26.0. The van der Waals surface area contributed by atoms with Crippen molar-refractivity contribution in [1.82, 2.24) is 30.4 Å². The van der Waals surface area contributed by atoms with E-state index in [0.717, 1.165) is 27.7 Å². The second kappa shape index (κ2) is 11.0. The molecule has 2 amide bonds. The molecule has 2 N–H and O–H groups in total. The molecule has 2 aromatic heterocycles. The molecule has 0 aliphatic carbocycles. The van der Waals surface area contributed by atoms with Crippen LogP contribution in [0.2, 0.25) is 0 Å². The number of carbonyl (C=O) groups is 2. The lowest BCUT2D eigenvalue weighted by Crippen LogP contribution is -2.48. The van der Waals surface area contributed by atoms with E-state index in [9.17, 15) is 9.59 Å². The monoisotopic (exact) mass is 528 g/mol. The molecule has 0 atom stereocenters. The first-order valence-electron chi connectivity index (χ1n) is 12.9. The summed E-state index contributed by atoms with van der Waals surface area (Å²) >= 11 is 0. The summed E-state index contributed by atoms with van der Waals surface area (Å²) in [5.74, 6) is 2.42. The number of para-hydroxylation sites is 1. The van der Waals surface area contributed by atoms with Crippen molar-refractivity contribution in [2.75, 3.05) is 56.6 Å². The Hall–Kier alpha value is -4.67. The van der Waals surface area contributed by atoms with E-state index < -0.39 is 0 Å². The van der Waals surface area contributed by atoms with Crippen molar-refractivity contribution >= 4 is 45.4 Å². The van der Waals surface area contributed by atoms with Gasteiger partial charge in [0.25, 0.3) is 0 Å². The van der Waals surface area contributed by atoms with Crippen LogP contribution in [-0.2, 0) is 9.59 Å². The number of nitrogens with zero attached hydrogens (tertiary/aromatic N) is 6. The van der Waals surface area contributed by atoms with Crippen LogP contribution in [0.1, 0.15) is 12.0 Å². The van der Waals surface area contributed by atoms with Gasteiger partial charge in [0.1, 0.15) is 17.1 Å². The molecule has 0 spiro atoms. The summed E-state index contributed by atoms with van der Waals surface area (Å²) in [4.78, 5) is 39.7. The Morgan fingerprint density at radius 1 is 1.15 bits per heavy atom. The zero-order valence-electron chi connectivity index (χ0n) is 22.4. The average molecular weight is 529 g/mol. The number of H-pyrrole nitrogens is 1. The number of hydrogen-bond acceptors (Lipinski definition) is 8. The molecular formula is C28H32N8O3. The molecule has 202 valence electrons. The Labute approximate surface area is 226 Å². The molecule has 1 aliphatic rings. The Morgan fingerprint density at radius 3 is 2.69 bits per heavy atom. The van der Waals surface area contributed by atoms with E-state index in [0.29, 0.717) is 62.1 Å². The molecule has 11 heteroatoms. The van der Waals surface area contributed by atoms with Crippen LogP contribution in [0.5, 0.6) is 11.5 Å². The zero-order valence-corrected chi connectivity index (χ0v) is 22.4. The Bertz CT molecular complexity index is 1540. The van der Waals surface area contributed by atoms with Crippen LogP contribution in [0.3, 0.4) is 0 Å². The summed E-state index contributed by atoms with van der Waals surface area (Å²) in [6.07, 6.45) is 3.42. The minimum atomic E-state index is -0.0729. The van der Waals surface area contributed by atoms with E-state index in [-0.39, 0.29) is 11.8 Å². The Kier molecular flexibility index (Phi) is 7.31. The van der Waals surface area contributed by atoms with E-state index in [1.165, 1.54) is 6.08 Å². The largest absolute Gasteiger partial charge is 0.454 e. The van der Waals surface area contributed by atoms with E-state index in [1.807, 2.05) is 49.2 Å². The molecule has 0 saturated carbocycles. The predicted octanol–water partition coefficient (Wildman–Crippen LogP) is 3.01. The summed E-state index contributed by atoms with van der Waals surface area (Å²) < 4.78 is 6.53. The molecule has 0 unspecified atom stereocenters. The molecular weight excluding hydrogens is 496 g/mol. The fourth-order valence-electron chi connectivity index (χ4n) is 4.70. The van der Waals surface area contributed by atoms with Gasteiger partial charge in [-0.1, -0.05) is 18.7 Å². The highest BCUT2D eigenvalue weighted by atomic mass is 16.5. The second-order valence-electron chi connectivity index (χ2n) is 9.51. The minimum absolute atomic E-state index is 0.0569. The third-order valence-corrected chi connectivity index (χ3v) is 7.00. The van der Waals surface area contributed by atoms with E-state index >= 15 is 0 Å². The number of rotatable bonds is 8. The van der Waals surface area contributed by atoms with Gasteiger partial charge >= 0.3 is 0 Å². The molecule has 5 rings (SSSR count). The summed E-state index contributed by atoms with van der Waals surface area (Å²) in [5.41, 5.74) is 2.52. The summed E-state index contributed by atoms with van der Waals surface area (Å²) in [6, 6.07) is 9.78. The highest BCUT2D eigenvalue weighted by Crippen LogP contribution is 2.38. The lowest BCUT2D eigenvalue weighted by molar-refractivity contribution is -0.126. The Balaban J connectivity index is 1.57. The van der Waals surface area contributed by atoms with Crippen molar-refractivity contribution in [2.45, 2.75) is 13.3 Å². The first-order chi connectivity index (χ1) is 18.9. The normalized spacial score (nSPS) is 13.5. The van der Waals surface area contributed by atoms with Gasteiger partial charge in [-0.3, -0.25) is 14.7 Å². The van der Waals surface area contributed by atoms with Gasteiger partial charge in [0.05, 0.1) is 17.1 Å². The highest BCUT2D eigenvalue weighted by molar-refractivity contribution is 5.95. The fraction of sp³-hybridized carbons (Fsp3) is 0.321. The predicted molar refractivity (Wildman–Crippen MR) is 151 cm³/mol. The lowest BCUT2D eigenvalue weighted by Gasteiger charge is -2.35. The van der Waals surface area contributed by atoms with Crippen molar-refractivity contribution in [1.29, 1.82) is 0 Å². The molecule has 11 nitrogen and oxygen atoms in total. The van der Waals surface area contributed by atoms with E-state index in [2.05, 4.69) is 27.0 Å². The number of aromatic amines is 1. The van der Waals surface area contributed by atoms with Gasteiger partial charge < -0.3 is 24.8 Å². The van der Waals surface area contributed by atoms with E-state index in [4.69, 9.17) is 14.7 Å². The highest BCUT2D eigenvalue weighted by Gasteiger charge is 2.25. The average Bonchev–Trinajstić information content (AvgIpc) is 3.45. The fourth-order valence-corrected chi connectivity index (χ4v) is 4.70. The smallest absolute Gasteiger partial charge is 0.246 e. The number of ether oxygens (including phenoxy) is 1. The third-order valence-electron chi connectivity index (χ3n) is 7.00. The van der Waals surface area contributed by atoms with Gasteiger partial charge in [0.15, 0.2) is 5.75 Å². The van der Waals surface area contributed by atoms with Gasteiger partial charge in [-0.2, -0.15) is 10.1 Å². The molecule has 0 bridgehead atoms. The molecule has 1 saturated heterocycles. The topological polar surface area (TPSA) is 120 Å². The molecule has 0 radical (unpaired) electrons. The standard InChI is InChI=1S/C28H32N8O3/c1-5-24(38)35-13-15-36(16-14-35)27-19-7-6-8-22(39-26-18(2)9-10-21-20(26)17-30-33-21)25(19)31-28(32-27)34(4)12-11-23(37)29-3/h5-10,17H,1,11-16H2,2-4H3,(H,29,37)(H,30,33). The maximum atomic E-state index is 12.1. The quantitative estimate of drug-likeness (QED) is 0.335. The molecule has 2 aromatic carbocycles. The van der Waals surface area contributed by atoms with Gasteiger partial charge in [-0.25, -0.2) is 4.98 Å². The number of aromatic nitrogens is 4. The van der Waals surface area contributed by atoms with Crippen molar-refractivity contribution in [3.05, 3.63) is 54.7 Å². The van der Waals surface area contributed by atoms with Crippen molar-refractivity contribution in [2.24, 2.45) is 0 Å². The number of carbonyl (C=O) groups excluding carboxylic acids is 2. The summed E-state index contributed by atoms with van der Waals surface area (Å²) in [5, 5.41) is 11.6. The van der Waals surface area contributed by atoms with Crippen LogP contribution in [0.25, 0.3) is 21.8 Å².